The zero-order valence-electron chi connectivity index (χ0n) is 19.2. The molecule has 28 heavy (non-hydrogen) atoms. The monoisotopic (exact) mass is 537 g/mol. The Morgan fingerprint density at radius 3 is 1.79 bits per heavy atom. The van der Waals surface area contributed by atoms with E-state index in [0.717, 1.165) is 6.42 Å². The van der Waals surface area contributed by atoms with Gasteiger partial charge >= 0.3 is 191 Å². The van der Waals surface area contributed by atoms with Crippen molar-refractivity contribution in [2.24, 2.45) is 0 Å². The number of rotatable bonds is 5. The first-order chi connectivity index (χ1) is 12.4. The molecule has 0 aromatic carbocycles. The van der Waals surface area contributed by atoms with E-state index in [0.29, 0.717) is 0 Å². The molecule has 0 N–H and O–H groups in total. The first-order valence-electron chi connectivity index (χ1n) is 10.1. The number of hydrogen-bond donors (Lipinski definition) is 0. The van der Waals surface area contributed by atoms with Gasteiger partial charge in [-0.05, 0) is 0 Å². The van der Waals surface area contributed by atoms with Crippen LogP contribution >= 0.6 is 17.0 Å². The second-order valence-electron chi connectivity index (χ2n) is 11.2. The van der Waals surface area contributed by atoms with Crippen LogP contribution in [0.1, 0.15) is 48.0 Å². The van der Waals surface area contributed by atoms with Gasteiger partial charge in [0.05, 0.1) is 0 Å². The molecule has 0 fully saturated rings. The summed E-state index contributed by atoms with van der Waals surface area (Å²) in [6.07, 6.45) is 9.50. The van der Waals surface area contributed by atoms with Crippen molar-refractivity contribution in [3.63, 3.8) is 0 Å². The fraction of sp³-hybridized carbons (Fsp3) is 0.714. The van der Waals surface area contributed by atoms with E-state index in [1.165, 1.54) is 11.1 Å². The second kappa shape index (κ2) is 8.19. The van der Waals surface area contributed by atoms with Crippen LogP contribution in [-0.4, -0.2) is 22.4 Å². The van der Waals surface area contributed by atoms with E-state index in [-0.39, 0.29) is 13.7 Å². The van der Waals surface area contributed by atoms with Gasteiger partial charge in [-0.3, -0.25) is 0 Å². The summed E-state index contributed by atoms with van der Waals surface area (Å²) in [5.74, 6) is -0.702. The average Bonchev–Trinajstić information content (AvgIpc) is 2.86. The van der Waals surface area contributed by atoms with Crippen LogP contribution in [0.25, 0.3) is 0 Å². The Hall–Kier alpha value is 1.04. The zero-order chi connectivity index (χ0) is 21.8. The second-order valence-corrected chi connectivity index (χ2v) is 29.5. The minimum absolute atomic E-state index is 0.112. The van der Waals surface area contributed by atoms with Gasteiger partial charge in [0.25, 0.3) is 0 Å². The van der Waals surface area contributed by atoms with Crippen LogP contribution in [0, 0.1) is 0 Å². The van der Waals surface area contributed by atoms with Crippen molar-refractivity contribution in [2.45, 2.75) is 93.6 Å². The van der Waals surface area contributed by atoms with Crippen molar-refractivity contribution in [3.8, 4) is 0 Å². The van der Waals surface area contributed by atoms with Crippen LogP contribution in [0.5, 0.6) is 0 Å². The van der Waals surface area contributed by atoms with Gasteiger partial charge in [-0.2, -0.15) is 0 Å². The maximum absolute atomic E-state index is 7.01. The zero-order valence-corrected chi connectivity index (χ0v) is 25.1. The third kappa shape index (κ3) is 5.26. The van der Waals surface area contributed by atoms with E-state index < -0.39 is 41.8 Å². The molecule has 0 saturated carbocycles. The molecule has 1 atom stereocenters. The summed E-state index contributed by atoms with van der Waals surface area (Å²) >= 11 is -2.39. The van der Waals surface area contributed by atoms with E-state index in [9.17, 15) is 0 Å². The van der Waals surface area contributed by atoms with Gasteiger partial charge in [-0.25, -0.2) is 0 Å². The van der Waals surface area contributed by atoms with E-state index in [1.54, 1.807) is 0 Å². The Kier molecular flexibility index (Phi) is 7.40. The summed E-state index contributed by atoms with van der Waals surface area (Å²) in [7, 11) is 8.71. The van der Waals surface area contributed by atoms with E-state index in [1.807, 2.05) is 0 Å². The molecule has 0 spiro atoms. The molecular weight excluding hydrogens is 503 g/mol. The molecule has 159 valence electrons. The molecule has 2 aliphatic carbocycles. The molecule has 0 bridgehead atoms. The van der Waals surface area contributed by atoms with Crippen molar-refractivity contribution in [1.82, 2.24) is 0 Å². The van der Waals surface area contributed by atoms with Gasteiger partial charge in [0.1, 0.15) is 0 Å². The minimum atomic E-state index is -2.39. The molecule has 2 aliphatic rings. The molecule has 0 radical (unpaired) electrons. The van der Waals surface area contributed by atoms with Gasteiger partial charge in [0.15, 0.2) is 0 Å². The average molecular weight is 540 g/mol. The molecule has 0 amide bonds. The van der Waals surface area contributed by atoms with Gasteiger partial charge < -0.3 is 0 Å². The van der Waals surface area contributed by atoms with Crippen molar-refractivity contribution in [3.05, 3.63) is 35.5 Å². The van der Waals surface area contributed by atoms with Gasteiger partial charge in [-0.1, -0.05) is 0 Å². The fourth-order valence-corrected chi connectivity index (χ4v) is 9.95. The van der Waals surface area contributed by atoms with E-state index in [2.05, 4.69) is 92.0 Å². The molecule has 0 saturated heterocycles. The first kappa shape index (κ1) is 25.3. The predicted molar refractivity (Wildman–Crippen MR) is 125 cm³/mol. The Morgan fingerprint density at radius 2 is 1.39 bits per heavy atom. The van der Waals surface area contributed by atoms with Gasteiger partial charge in [0.2, 0.25) is 0 Å². The summed E-state index contributed by atoms with van der Waals surface area (Å²) in [5.41, 5.74) is 2.57. The molecule has 0 aliphatic heterocycles. The fourth-order valence-electron chi connectivity index (χ4n) is 3.05. The predicted octanol–water partition coefficient (Wildman–Crippen LogP) is 8.27. The molecular formula is C21H37Cl2O2Si2Zr. The molecule has 0 heterocycles. The van der Waals surface area contributed by atoms with Crippen LogP contribution in [0.3, 0.4) is 0 Å². The van der Waals surface area contributed by atoms with Gasteiger partial charge in [0, 0.05) is 0 Å². The van der Waals surface area contributed by atoms with E-state index >= 15 is 0 Å². The van der Waals surface area contributed by atoms with Crippen molar-refractivity contribution in [1.29, 1.82) is 0 Å². The molecule has 1 unspecified atom stereocenters. The Morgan fingerprint density at radius 1 is 0.929 bits per heavy atom. The van der Waals surface area contributed by atoms with Crippen LogP contribution < -0.4 is 0 Å². The summed E-state index contributed by atoms with van der Waals surface area (Å²) in [6.45, 7) is 22.9. The Bertz CT molecular complexity index is 670. The van der Waals surface area contributed by atoms with Gasteiger partial charge in [-0.15, -0.1) is 0 Å². The normalized spacial score (nSPS) is 22.6. The molecule has 2 rings (SSSR count). The third-order valence-corrected chi connectivity index (χ3v) is 21.0. The standard InChI is InChI=1S/C21H37O2Si2.2ClH.Zr/c1-19(2,3)24(7,8)22-21(23-25(9,10)20(4,5)6)15-14-17-12-11-13-18(17)16-21;;;/h11-15H,16H2,1-10H3;2*1H;/q;;;+2/p-2. The summed E-state index contributed by atoms with van der Waals surface area (Å²) < 4.78 is 14.3. The topological polar surface area (TPSA) is 18.5 Å². The van der Waals surface area contributed by atoms with Crippen LogP contribution in [0.2, 0.25) is 39.9 Å². The first-order valence-corrected chi connectivity index (χ1v) is 23.7. The van der Waals surface area contributed by atoms with Crippen molar-refractivity contribution in [2.75, 3.05) is 0 Å². The summed E-state index contributed by atoms with van der Waals surface area (Å²) in [5, 5.41) is 0.223. The summed E-state index contributed by atoms with van der Waals surface area (Å²) in [4.78, 5) is 0. The van der Waals surface area contributed by atoms with Crippen LogP contribution in [-0.2, 0) is 28.2 Å². The number of halogens is 2. The third-order valence-electron chi connectivity index (χ3n) is 6.85. The van der Waals surface area contributed by atoms with E-state index in [4.69, 9.17) is 25.9 Å². The van der Waals surface area contributed by atoms with Crippen LogP contribution in [0.15, 0.2) is 35.5 Å². The molecule has 7 heteroatoms. The Labute approximate surface area is 189 Å². The summed E-state index contributed by atoms with van der Waals surface area (Å²) in [6, 6.07) is 0. The molecule has 0 aromatic rings. The quantitative estimate of drug-likeness (QED) is 0.259. The van der Waals surface area contributed by atoms with Crippen LogP contribution in [0.4, 0.5) is 0 Å². The molecule has 2 nitrogen and oxygen atoms in total. The number of allylic oxidation sites excluding steroid dienone is 4. The van der Waals surface area contributed by atoms with Crippen molar-refractivity contribution < 1.29 is 28.2 Å². The SMILES string of the molecule is CC(C)(C)[Si](C)(C)OC1(O[Si](C)(C)C(C)(C)C)C=CC2=C(C=C[CH]2[Zr]([Cl])[Cl])C1. The number of hydrogen-bond acceptors (Lipinski definition) is 2. The molecule has 0 aromatic heterocycles. The Balaban J connectivity index is 2.45. The maximum atomic E-state index is 7.01. The van der Waals surface area contributed by atoms with Crippen molar-refractivity contribution >= 4 is 33.7 Å².